The van der Waals surface area contributed by atoms with Crippen LogP contribution in [-0.4, -0.2) is 42.5 Å². The molecule has 0 bridgehead atoms. The van der Waals surface area contributed by atoms with Crippen LogP contribution in [0.2, 0.25) is 0 Å². The molecule has 0 amide bonds. The Kier molecular flexibility index (Phi) is 6.93. The first-order valence-corrected chi connectivity index (χ1v) is 10.5. The number of nitrogens with one attached hydrogen (secondary N) is 1. The number of benzene rings is 2. The molecule has 0 spiro atoms. The van der Waals surface area contributed by atoms with Crippen LogP contribution in [0.3, 0.4) is 0 Å². The minimum Gasteiger partial charge on any atom is -0.459 e. The van der Waals surface area contributed by atoms with E-state index in [4.69, 9.17) is 9.47 Å². The van der Waals surface area contributed by atoms with Gasteiger partial charge in [0.15, 0.2) is 5.71 Å². The highest BCUT2D eigenvalue weighted by atomic mass is 16.6. The highest BCUT2D eigenvalue weighted by Crippen LogP contribution is 2.38. The summed E-state index contributed by atoms with van der Waals surface area (Å²) in [5.74, 6) is -0.972. The average molecular weight is 434 g/mol. The fourth-order valence-corrected chi connectivity index (χ4v) is 3.70. The third-order valence-corrected chi connectivity index (χ3v) is 5.45. The maximum Gasteiger partial charge on any atom is 0.338 e. The standard InChI is InChI=1S/C26H28N2O4/c1-18(2)24(29)31-16-17-32-25(30)19-10-12-20(13-11-19)27-15-14-23-26(3,4)21-8-6-7-9-22(21)28(23)5/h6-15H,1,16-17H2,2-5H3/p+1. The van der Waals surface area contributed by atoms with Crippen molar-refractivity contribution in [1.82, 2.24) is 0 Å². The van der Waals surface area contributed by atoms with E-state index in [2.05, 4.69) is 67.7 Å². The number of carbonyl (C=O) groups is 2. The van der Waals surface area contributed by atoms with Gasteiger partial charge in [-0.1, -0.05) is 24.8 Å². The largest absolute Gasteiger partial charge is 0.459 e. The van der Waals surface area contributed by atoms with Crippen molar-refractivity contribution >= 4 is 29.0 Å². The molecule has 3 rings (SSSR count). The van der Waals surface area contributed by atoms with Gasteiger partial charge in [-0.15, -0.1) is 0 Å². The predicted octanol–water partition coefficient (Wildman–Crippen LogP) is 4.59. The smallest absolute Gasteiger partial charge is 0.338 e. The van der Waals surface area contributed by atoms with Crippen LogP contribution in [0.15, 0.2) is 73.0 Å². The van der Waals surface area contributed by atoms with Crippen molar-refractivity contribution in [2.75, 3.05) is 25.6 Å². The minimum atomic E-state index is -0.501. The summed E-state index contributed by atoms with van der Waals surface area (Å²) in [5, 5.41) is 3.25. The lowest BCUT2D eigenvalue weighted by atomic mass is 9.81. The van der Waals surface area contributed by atoms with Gasteiger partial charge in [-0.05, 0) is 45.0 Å². The monoisotopic (exact) mass is 433 g/mol. The second-order valence-corrected chi connectivity index (χ2v) is 8.19. The van der Waals surface area contributed by atoms with Crippen LogP contribution in [0.1, 0.15) is 36.7 Å². The minimum absolute atomic E-state index is 0.00460. The fraction of sp³-hybridized carbons (Fsp3) is 0.269. The summed E-state index contributed by atoms with van der Waals surface area (Å²) in [6, 6.07) is 15.4. The van der Waals surface area contributed by atoms with Gasteiger partial charge in [0.2, 0.25) is 5.69 Å². The third kappa shape index (κ3) is 4.97. The van der Waals surface area contributed by atoms with E-state index in [9.17, 15) is 9.59 Å². The second kappa shape index (κ2) is 9.64. The van der Waals surface area contributed by atoms with Gasteiger partial charge in [0, 0.05) is 35.2 Å². The van der Waals surface area contributed by atoms with Crippen LogP contribution in [0, 0.1) is 0 Å². The number of hydrogen-bond donors (Lipinski definition) is 1. The summed E-state index contributed by atoms with van der Waals surface area (Å²) in [6.45, 7) is 9.47. The third-order valence-electron chi connectivity index (χ3n) is 5.45. The van der Waals surface area contributed by atoms with Gasteiger partial charge in [0.05, 0.1) is 11.0 Å². The molecule has 0 aliphatic carbocycles. The molecular formula is C26H29N2O4+. The summed E-state index contributed by atoms with van der Waals surface area (Å²) in [6.07, 6.45) is 3.98. The maximum atomic E-state index is 12.1. The Bertz CT molecular complexity index is 1100. The number of allylic oxidation sites excluding steroid dienone is 1. The first kappa shape index (κ1) is 23.0. The maximum absolute atomic E-state index is 12.1. The first-order chi connectivity index (χ1) is 15.2. The highest BCUT2D eigenvalue weighted by Gasteiger charge is 2.42. The molecule has 0 radical (unpaired) electrons. The summed E-state index contributed by atoms with van der Waals surface area (Å²) < 4.78 is 12.2. The molecule has 166 valence electrons. The van der Waals surface area contributed by atoms with Crippen molar-refractivity contribution < 1.29 is 23.6 Å². The summed E-state index contributed by atoms with van der Waals surface area (Å²) in [4.78, 5) is 23.4. The van der Waals surface area contributed by atoms with Crippen molar-refractivity contribution in [1.29, 1.82) is 0 Å². The van der Waals surface area contributed by atoms with Gasteiger partial charge >= 0.3 is 11.9 Å². The zero-order valence-electron chi connectivity index (χ0n) is 19.0. The molecule has 1 aliphatic rings. The van der Waals surface area contributed by atoms with Crippen LogP contribution in [0.25, 0.3) is 0 Å². The number of anilines is 1. The van der Waals surface area contributed by atoms with E-state index in [1.54, 1.807) is 19.1 Å². The zero-order valence-corrected chi connectivity index (χ0v) is 19.0. The van der Waals surface area contributed by atoms with E-state index >= 15 is 0 Å². The van der Waals surface area contributed by atoms with Crippen LogP contribution >= 0.6 is 0 Å². The lowest BCUT2D eigenvalue weighted by molar-refractivity contribution is -0.401. The van der Waals surface area contributed by atoms with Gasteiger partial charge in [-0.3, -0.25) is 0 Å². The van der Waals surface area contributed by atoms with Gasteiger partial charge in [-0.2, -0.15) is 4.58 Å². The van der Waals surface area contributed by atoms with Crippen molar-refractivity contribution in [3.8, 4) is 0 Å². The predicted molar refractivity (Wildman–Crippen MR) is 126 cm³/mol. The van der Waals surface area contributed by atoms with Crippen LogP contribution in [-0.2, 0) is 19.7 Å². The molecule has 1 N–H and O–H groups in total. The van der Waals surface area contributed by atoms with Gasteiger partial charge in [-0.25, -0.2) is 9.59 Å². The lowest BCUT2D eigenvalue weighted by Gasteiger charge is -2.15. The summed E-state index contributed by atoms with van der Waals surface area (Å²) in [7, 11) is 2.08. The Labute approximate surface area is 188 Å². The SMILES string of the molecule is C=C(C)C(=O)OCCOC(=O)c1ccc(N/C=C/C2=[N+](C)c3ccccc3C2(C)C)cc1. The number of fused-ring (bicyclic) bond motifs is 1. The van der Waals surface area contributed by atoms with Crippen molar-refractivity contribution in [2.45, 2.75) is 26.2 Å². The number of para-hydroxylation sites is 1. The topological polar surface area (TPSA) is 67.6 Å². The molecule has 0 saturated carbocycles. The Morgan fingerprint density at radius 2 is 1.72 bits per heavy atom. The Balaban J connectivity index is 1.55. The van der Waals surface area contributed by atoms with Crippen molar-refractivity contribution in [3.63, 3.8) is 0 Å². The number of esters is 2. The van der Waals surface area contributed by atoms with Gasteiger partial charge < -0.3 is 14.8 Å². The molecule has 6 heteroatoms. The molecule has 0 saturated heterocycles. The molecule has 6 nitrogen and oxygen atoms in total. The molecule has 0 atom stereocenters. The molecule has 2 aromatic rings. The molecule has 2 aromatic carbocycles. The number of nitrogens with zero attached hydrogens (tertiary/aromatic N) is 1. The highest BCUT2D eigenvalue weighted by molar-refractivity contribution is 6.03. The fourth-order valence-electron chi connectivity index (χ4n) is 3.70. The van der Waals surface area contributed by atoms with Crippen LogP contribution in [0.5, 0.6) is 0 Å². The first-order valence-electron chi connectivity index (χ1n) is 10.5. The van der Waals surface area contributed by atoms with E-state index in [1.165, 1.54) is 17.0 Å². The quantitative estimate of drug-likeness (QED) is 0.285. The summed E-state index contributed by atoms with van der Waals surface area (Å²) >= 11 is 0. The molecule has 0 unspecified atom stereocenters. The number of ether oxygens (including phenoxy) is 2. The van der Waals surface area contributed by atoms with E-state index in [0.717, 1.165) is 5.69 Å². The van der Waals surface area contributed by atoms with E-state index in [1.807, 2.05) is 18.3 Å². The number of rotatable bonds is 8. The number of carbonyl (C=O) groups excluding carboxylic acids is 2. The molecule has 0 fully saturated rings. The molecular weight excluding hydrogens is 404 g/mol. The molecule has 1 heterocycles. The summed E-state index contributed by atoms with van der Waals surface area (Å²) in [5.41, 5.74) is 5.21. The normalized spacial score (nSPS) is 14.2. The van der Waals surface area contributed by atoms with Crippen LogP contribution in [0.4, 0.5) is 11.4 Å². The van der Waals surface area contributed by atoms with E-state index in [-0.39, 0.29) is 18.6 Å². The Hall–Kier alpha value is -3.67. The molecule has 1 aliphatic heterocycles. The number of hydrogen-bond acceptors (Lipinski definition) is 5. The molecule has 0 aromatic heterocycles. The lowest BCUT2D eigenvalue weighted by Crippen LogP contribution is -2.26. The van der Waals surface area contributed by atoms with Crippen molar-refractivity contribution in [2.24, 2.45) is 0 Å². The Morgan fingerprint density at radius 1 is 1.06 bits per heavy atom. The van der Waals surface area contributed by atoms with Gasteiger partial charge in [0.1, 0.15) is 20.3 Å². The van der Waals surface area contributed by atoms with E-state index < -0.39 is 11.9 Å². The average Bonchev–Trinajstić information content (AvgIpc) is 2.97. The molecule has 32 heavy (non-hydrogen) atoms. The van der Waals surface area contributed by atoms with Crippen LogP contribution < -0.4 is 5.32 Å². The van der Waals surface area contributed by atoms with Crippen molar-refractivity contribution in [3.05, 3.63) is 84.1 Å². The second-order valence-electron chi connectivity index (χ2n) is 8.19. The zero-order chi connectivity index (χ0) is 23.3. The van der Waals surface area contributed by atoms with Gasteiger partial charge in [0.25, 0.3) is 0 Å². The Morgan fingerprint density at radius 3 is 2.38 bits per heavy atom. The van der Waals surface area contributed by atoms with E-state index in [0.29, 0.717) is 11.1 Å².